The highest BCUT2D eigenvalue weighted by atomic mass is 35.5. The highest BCUT2D eigenvalue weighted by Crippen LogP contribution is 2.33. The monoisotopic (exact) mass is 383 g/mol. The van der Waals surface area contributed by atoms with Crippen LogP contribution in [0.5, 0.6) is 5.75 Å². The lowest BCUT2D eigenvalue weighted by Gasteiger charge is -2.22. The third-order valence-corrected chi connectivity index (χ3v) is 5.02. The molecular weight excluding hydrogens is 358 g/mol. The molecule has 25 heavy (non-hydrogen) atoms. The van der Waals surface area contributed by atoms with Gasteiger partial charge in [-0.25, -0.2) is 8.42 Å². The van der Waals surface area contributed by atoms with Gasteiger partial charge in [0.2, 0.25) is 0 Å². The molecule has 0 aliphatic heterocycles. The van der Waals surface area contributed by atoms with Crippen LogP contribution in [0.3, 0.4) is 0 Å². The smallest absolute Gasteiger partial charge is 0.179 e. The summed E-state index contributed by atoms with van der Waals surface area (Å²) in [5.41, 5.74) is 2.41. The summed E-state index contributed by atoms with van der Waals surface area (Å²) in [6, 6.07) is 13.4. The van der Waals surface area contributed by atoms with E-state index in [-0.39, 0.29) is 28.5 Å². The number of aromatic hydroxyl groups is 1. The molecule has 0 atom stereocenters. The van der Waals surface area contributed by atoms with Crippen LogP contribution in [0.15, 0.2) is 47.4 Å². The lowest BCUT2D eigenvalue weighted by atomic mass is 9.86. The van der Waals surface area contributed by atoms with Crippen molar-refractivity contribution < 1.29 is 13.5 Å². The van der Waals surface area contributed by atoms with Crippen molar-refractivity contribution in [1.29, 1.82) is 0 Å². The zero-order valence-electron chi connectivity index (χ0n) is 15.0. The zero-order valence-corrected chi connectivity index (χ0v) is 16.7. The van der Waals surface area contributed by atoms with Crippen LogP contribution >= 0.6 is 12.4 Å². The average Bonchev–Trinajstić information content (AvgIpc) is 2.47. The van der Waals surface area contributed by atoms with E-state index >= 15 is 0 Å². The molecule has 138 valence electrons. The van der Waals surface area contributed by atoms with Crippen LogP contribution in [-0.4, -0.2) is 19.8 Å². The zero-order chi connectivity index (χ0) is 18.0. The van der Waals surface area contributed by atoms with Crippen molar-refractivity contribution in [2.45, 2.75) is 44.2 Å². The predicted molar refractivity (Wildman–Crippen MR) is 104 cm³/mol. The molecule has 2 N–H and O–H groups in total. The summed E-state index contributed by atoms with van der Waals surface area (Å²) in [6.45, 7) is 7.10. The largest absolute Gasteiger partial charge is 0.506 e. The van der Waals surface area contributed by atoms with Gasteiger partial charge in [-0.3, -0.25) is 0 Å². The molecule has 4 nitrogen and oxygen atoms in total. The molecule has 6 heteroatoms. The highest BCUT2D eigenvalue weighted by Gasteiger charge is 2.22. The minimum atomic E-state index is -3.49. The van der Waals surface area contributed by atoms with Gasteiger partial charge in [0.1, 0.15) is 10.6 Å². The molecule has 0 aromatic heterocycles. The van der Waals surface area contributed by atoms with Crippen LogP contribution in [0.4, 0.5) is 0 Å². The number of sulfone groups is 1. The van der Waals surface area contributed by atoms with Gasteiger partial charge in [0, 0.05) is 24.9 Å². The molecule has 2 aromatic carbocycles. The van der Waals surface area contributed by atoms with Gasteiger partial charge in [-0.1, -0.05) is 57.2 Å². The average molecular weight is 384 g/mol. The second-order valence-electron chi connectivity index (χ2n) is 7.09. The Balaban J connectivity index is 0.00000312. The summed E-state index contributed by atoms with van der Waals surface area (Å²) in [4.78, 5) is -0.00793. The van der Waals surface area contributed by atoms with Crippen LogP contribution in [0, 0.1) is 0 Å². The number of hydrogen-bond acceptors (Lipinski definition) is 4. The van der Waals surface area contributed by atoms with E-state index in [0.717, 1.165) is 17.4 Å². The molecule has 0 saturated carbocycles. The maximum atomic E-state index is 12.0. The Kier molecular flexibility index (Phi) is 7.06. The SMILES string of the molecule is CC(C)(C)c1cc(CNCc2ccccc2)c(O)c(S(C)(=O)=O)c1.Cl. The molecule has 0 amide bonds. The molecule has 0 heterocycles. The number of hydrogen-bond donors (Lipinski definition) is 2. The molecule has 0 aliphatic carbocycles. The normalized spacial score (nSPS) is 11.8. The van der Waals surface area contributed by atoms with Gasteiger partial charge in [0.25, 0.3) is 0 Å². The topological polar surface area (TPSA) is 66.4 Å². The Hall–Kier alpha value is -1.56. The Labute approximate surface area is 156 Å². The van der Waals surface area contributed by atoms with E-state index in [1.54, 1.807) is 6.07 Å². The number of rotatable bonds is 5. The van der Waals surface area contributed by atoms with E-state index in [2.05, 4.69) is 5.32 Å². The molecule has 0 fully saturated rings. The van der Waals surface area contributed by atoms with E-state index in [1.807, 2.05) is 57.2 Å². The summed E-state index contributed by atoms with van der Waals surface area (Å²) in [6.07, 6.45) is 1.12. The first-order valence-electron chi connectivity index (χ1n) is 7.90. The molecule has 0 spiro atoms. The van der Waals surface area contributed by atoms with Gasteiger partial charge in [0.15, 0.2) is 9.84 Å². The fourth-order valence-corrected chi connectivity index (χ4v) is 3.28. The molecule has 0 unspecified atom stereocenters. The summed E-state index contributed by atoms with van der Waals surface area (Å²) in [5.74, 6) is -0.161. The van der Waals surface area contributed by atoms with Crippen molar-refractivity contribution in [3.8, 4) is 5.75 Å². The molecule has 2 aromatic rings. The Bertz CT molecular complexity index is 813. The van der Waals surface area contributed by atoms with E-state index in [1.165, 1.54) is 0 Å². The summed E-state index contributed by atoms with van der Waals surface area (Å²) in [5, 5.41) is 13.7. The van der Waals surface area contributed by atoms with Crippen molar-refractivity contribution in [1.82, 2.24) is 5.32 Å². The van der Waals surface area contributed by atoms with Crippen molar-refractivity contribution in [2.24, 2.45) is 0 Å². The van der Waals surface area contributed by atoms with Gasteiger partial charge in [-0.2, -0.15) is 0 Å². The number of nitrogens with one attached hydrogen (secondary N) is 1. The second-order valence-corrected chi connectivity index (χ2v) is 9.08. The molecule has 0 bridgehead atoms. The number of phenolic OH excluding ortho intramolecular Hbond substituents is 1. The van der Waals surface area contributed by atoms with Crippen LogP contribution in [-0.2, 0) is 28.3 Å². The molecule has 0 radical (unpaired) electrons. The van der Waals surface area contributed by atoms with Crippen LogP contribution in [0.1, 0.15) is 37.5 Å². The minimum absolute atomic E-state index is 0. The summed E-state index contributed by atoms with van der Waals surface area (Å²) >= 11 is 0. The molecule has 2 rings (SSSR count). The quantitative estimate of drug-likeness (QED) is 0.824. The van der Waals surface area contributed by atoms with Crippen molar-refractivity contribution >= 4 is 22.2 Å². The highest BCUT2D eigenvalue weighted by molar-refractivity contribution is 7.90. The Morgan fingerprint density at radius 2 is 1.64 bits per heavy atom. The minimum Gasteiger partial charge on any atom is -0.506 e. The molecule has 0 aliphatic rings. The number of phenols is 1. The van der Waals surface area contributed by atoms with Gasteiger partial charge >= 0.3 is 0 Å². The van der Waals surface area contributed by atoms with E-state index in [4.69, 9.17) is 0 Å². The molecule has 0 saturated heterocycles. The first-order chi connectivity index (χ1) is 11.1. The van der Waals surface area contributed by atoms with E-state index in [0.29, 0.717) is 18.7 Å². The van der Waals surface area contributed by atoms with Gasteiger partial charge in [-0.05, 0) is 22.6 Å². The standard InChI is InChI=1S/C19H25NO3S.ClH/c1-19(2,3)16-10-15(18(21)17(11-16)24(4,22)23)13-20-12-14-8-6-5-7-9-14;/h5-11,20-21H,12-13H2,1-4H3;1H. The number of benzene rings is 2. The predicted octanol–water partition coefficient (Wildman–Crippen LogP) is 3.80. The first kappa shape index (κ1) is 21.5. The van der Waals surface area contributed by atoms with Gasteiger partial charge in [-0.15, -0.1) is 12.4 Å². The van der Waals surface area contributed by atoms with E-state index in [9.17, 15) is 13.5 Å². The second kappa shape index (κ2) is 8.21. The van der Waals surface area contributed by atoms with Crippen LogP contribution < -0.4 is 5.32 Å². The van der Waals surface area contributed by atoms with Crippen LogP contribution in [0.25, 0.3) is 0 Å². The number of halogens is 1. The third-order valence-electron chi connectivity index (χ3n) is 3.91. The third kappa shape index (κ3) is 5.73. The fourth-order valence-electron chi connectivity index (χ4n) is 2.45. The maximum Gasteiger partial charge on any atom is 0.179 e. The van der Waals surface area contributed by atoms with Crippen molar-refractivity contribution in [3.63, 3.8) is 0 Å². The van der Waals surface area contributed by atoms with Crippen molar-refractivity contribution in [2.75, 3.05) is 6.26 Å². The van der Waals surface area contributed by atoms with Crippen LogP contribution in [0.2, 0.25) is 0 Å². The maximum absolute atomic E-state index is 12.0. The first-order valence-corrected chi connectivity index (χ1v) is 9.79. The Morgan fingerprint density at radius 1 is 1.04 bits per heavy atom. The lowest BCUT2D eigenvalue weighted by molar-refractivity contribution is 0.446. The fraction of sp³-hybridized carbons (Fsp3) is 0.368. The van der Waals surface area contributed by atoms with E-state index < -0.39 is 9.84 Å². The summed E-state index contributed by atoms with van der Waals surface area (Å²) in [7, 11) is -3.49. The molecular formula is C19H26ClNO3S. The summed E-state index contributed by atoms with van der Waals surface area (Å²) < 4.78 is 24.0. The van der Waals surface area contributed by atoms with Crippen molar-refractivity contribution in [3.05, 3.63) is 59.2 Å². The Morgan fingerprint density at radius 3 is 2.16 bits per heavy atom. The van der Waals surface area contributed by atoms with Gasteiger partial charge < -0.3 is 10.4 Å². The lowest BCUT2D eigenvalue weighted by Crippen LogP contribution is -2.17. The van der Waals surface area contributed by atoms with Gasteiger partial charge in [0.05, 0.1) is 0 Å².